The molecule has 0 fully saturated rings. The molecule has 1 rings (SSSR count). The summed E-state index contributed by atoms with van der Waals surface area (Å²) >= 11 is 0. The maximum Gasteiger partial charge on any atom is 0.247 e. The van der Waals surface area contributed by atoms with Gasteiger partial charge in [-0.15, -0.1) is 0 Å². The summed E-state index contributed by atoms with van der Waals surface area (Å²) in [6.07, 6.45) is 3.56. The highest BCUT2D eigenvalue weighted by Crippen LogP contribution is 2.10. The van der Waals surface area contributed by atoms with Crippen molar-refractivity contribution in [2.24, 2.45) is 5.92 Å². The summed E-state index contributed by atoms with van der Waals surface area (Å²) in [5.74, 6) is -0.477. The zero-order valence-corrected chi connectivity index (χ0v) is 13.3. The summed E-state index contributed by atoms with van der Waals surface area (Å²) < 4.78 is 1.42. The van der Waals surface area contributed by atoms with Crippen molar-refractivity contribution in [1.29, 1.82) is 0 Å². The Morgan fingerprint density at radius 3 is 2.55 bits per heavy atom. The molecule has 0 aromatic carbocycles. The van der Waals surface area contributed by atoms with E-state index in [1.54, 1.807) is 13.2 Å². The van der Waals surface area contributed by atoms with Gasteiger partial charge in [-0.3, -0.25) is 19.1 Å². The van der Waals surface area contributed by atoms with Gasteiger partial charge in [-0.1, -0.05) is 13.8 Å². The van der Waals surface area contributed by atoms with Crippen LogP contribution in [0.2, 0.25) is 0 Å². The highest BCUT2D eigenvalue weighted by atomic mass is 16.2. The standard InChI is InChI=1S/C14H23N5O3/c1-9(2)5-12(17-10(3)20)14(22)18-11-6-16-19(7-11)8-13(21)15-4/h6-7,9,12H,5,8H2,1-4H3,(H,15,21)(H,17,20)(H,18,22)/t12-/m1/s1. The Kier molecular flexibility index (Phi) is 6.55. The summed E-state index contributed by atoms with van der Waals surface area (Å²) in [5.41, 5.74) is 0.480. The lowest BCUT2D eigenvalue weighted by atomic mass is 10.0. The molecular weight excluding hydrogens is 286 g/mol. The van der Waals surface area contributed by atoms with Gasteiger partial charge in [0.05, 0.1) is 11.9 Å². The number of aromatic nitrogens is 2. The fourth-order valence-electron chi connectivity index (χ4n) is 1.92. The number of likely N-dealkylation sites (N-methyl/N-ethyl adjacent to an activating group) is 1. The quantitative estimate of drug-likeness (QED) is 0.665. The van der Waals surface area contributed by atoms with Gasteiger partial charge in [-0.2, -0.15) is 5.10 Å². The number of hydrogen-bond acceptors (Lipinski definition) is 4. The summed E-state index contributed by atoms with van der Waals surface area (Å²) in [5, 5.41) is 11.8. The summed E-state index contributed by atoms with van der Waals surface area (Å²) in [7, 11) is 1.54. The minimum absolute atomic E-state index is 0.0769. The molecule has 0 saturated carbocycles. The molecular formula is C14H23N5O3. The normalized spacial score (nSPS) is 11.9. The van der Waals surface area contributed by atoms with E-state index in [0.29, 0.717) is 12.1 Å². The second-order valence-electron chi connectivity index (χ2n) is 5.47. The minimum Gasteiger partial charge on any atom is -0.358 e. The van der Waals surface area contributed by atoms with Crippen LogP contribution < -0.4 is 16.0 Å². The van der Waals surface area contributed by atoms with E-state index in [-0.39, 0.29) is 30.2 Å². The third-order valence-corrected chi connectivity index (χ3v) is 2.89. The molecule has 0 spiro atoms. The van der Waals surface area contributed by atoms with Gasteiger partial charge in [0.25, 0.3) is 0 Å². The topological polar surface area (TPSA) is 105 Å². The number of carbonyl (C=O) groups excluding carboxylic acids is 3. The maximum absolute atomic E-state index is 12.2. The molecule has 1 atom stereocenters. The van der Waals surface area contributed by atoms with Crippen LogP contribution >= 0.6 is 0 Å². The smallest absolute Gasteiger partial charge is 0.247 e. The van der Waals surface area contributed by atoms with Crippen molar-refractivity contribution < 1.29 is 14.4 Å². The van der Waals surface area contributed by atoms with Crippen LogP contribution in [0.1, 0.15) is 27.2 Å². The van der Waals surface area contributed by atoms with Crippen molar-refractivity contribution in [1.82, 2.24) is 20.4 Å². The van der Waals surface area contributed by atoms with Crippen LogP contribution in [0.25, 0.3) is 0 Å². The molecule has 8 nitrogen and oxygen atoms in total. The van der Waals surface area contributed by atoms with E-state index in [1.807, 2.05) is 13.8 Å². The Labute approximate surface area is 129 Å². The maximum atomic E-state index is 12.2. The third-order valence-electron chi connectivity index (χ3n) is 2.89. The van der Waals surface area contributed by atoms with E-state index < -0.39 is 6.04 Å². The van der Waals surface area contributed by atoms with Gasteiger partial charge >= 0.3 is 0 Å². The first-order valence-corrected chi connectivity index (χ1v) is 7.12. The monoisotopic (exact) mass is 309 g/mol. The SMILES string of the molecule is CNC(=O)Cn1cc(NC(=O)[C@@H](CC(C)C)NC(C)=O)cn1. The van der Waals surface area contributed by atoms with Gasteiger partial charge in [0, 0.05) is 20.2 Å². The zero-order chi connectivity index (χ0) is 16.7. The van der Waals surface area contributed by atoms with Crippen molar-refractivity contribution in [3.8, 4) is 0 Å². The van der Waals surface area contributed by atoms with Crippen molar-refractivity contribution in [3.05, 3.63) is 12.4 Å². The molecule has 0 radical (unpaired) electrons. The molecule has 122 valence electrons. The molecule has 3 amide bonds. The van der Waals surface area contributed by atoms with Crippen LogP contribution in [0.15, 0.2) is 12.4 Å². The molecule has 1 aromatic heterocycles. The number of nitrogens with one attached hydrogen (secondary N) is 3. The van der Waals surface area contributed by atoms with E-state index in [4.69, 9.17) is 0 Å². The molecule has 1 heterocycles. The number of anilines is 1. The van der Waals surface area contributed by atoms with Crippen molar-refractivity contribution in [2.45, 2.75) is 39.8 Å². The molecule has 0 aliphatic carbocycles. The van der Waals surface area contributed by atoms with Gasteiger partial charge in [-0.05, 0) is 12.3 Å². The largest absolute Gasteiger partial charge is 0.358 e. The lowest BCUT2D eigenvalue weighted by molar-refractivity contribution is -0.125. The second kappa shape index (κ2) is 8.16. The molecule has 0 saturated heterocycles. The molecule has 0 aliphatic heterocycles. The Morgan fingerprint density at radius 1 is 1.32 bits per heavy atom. The fourth-order valence-corrected chi connectivity index (χ4v) is 1.92. The first-order valence-electron chi connectivity index (χ1n) is 7.12. The van der Waals surface area contributed by atoms with E-state index in [9.17, 15) is 14.4 Å². The van der Waals surface area contributed by atoms with Gasteiger partial charge < -0.3 is 16.0 Å². The fraction of sp³-hybridized carbons (Fsp3) is 0.571. The van der Waals surface area contributed by atoms with Gasteiger partial charge in [0.2, 0.25) is 17.7 Å². The van der Waals surface area contributed by atoms with E-state index in [0.717, 1.165) is 0 Å². The molecule has 22 heavy (non-hydrogen) atoms. The van der Waals surface area contributed by atoms with Crippen LogP contribution in [-0.4, -0.2) is 40.6 Å². The first-order chi connectivity index (χ1) is 10.3. The minimum atomic E-state index is -0.597. The number of amides is 3. The summed E-state index contributed by atoms with van der Waals surface area (Å²) in [4.78, 5) is 34.7. The van der Waals surface area contributed by atoms with Crippen molar-refractivity contribution >= 4 is 23.4 Å². The van der Waals surface area contributed by atoms with Gasteiger partial charge in [-0.25, -0.2) is 0 Å². The summed E-state index contributed by atoms with van der Waals surface area (Å²) in [6.45, 7) is 5.41. The van der Waals surface area contributed by atoms with Crippen molar-refractivity contribution in [2.75, 3.05) is 12.4 Å². The Morgan fingerprint density at radius 2 is 2.00 bits per heavy atom. The lowest BCUT2D eigenvalue weighted by Crippen LogP contribution is -2.43. The van der Waals surface area contributed by atoms with Crippen LogP contribution in [0.4, 0.5) is 5.69 Å². The second-order valence-corrected chi connectivity index (χ2v) is 5.47. The molecule has 0 bridgehead atoms. The first kappa shape index (κ1) is 17.7. The summed E-state index contributed by atoms with van der Waals surface area (Å²) in [6, 6.07) is -0.597. The zero-order valence-electron chi connectivity index (χ0n) is 13.3. The Hall–Kier alpha value is -2.38. The highest BCUT2D eigenvalue weighted by molar-refractivity contribution is 5.96. The van der Waals surface area contributed by atoms with Crippen LogP contribution in [0, 0.1) is 5.92 Å². The predicted octanol–water partition coefficient (Wildman–Crippen LogP) is 0.118. The number of carbonyl (C=O) groups is 3. The van der Waals surface area contributed by atoms with Gasteiger partial charge in [0.1, 0.15) is 12.6 Å². The Bertz CT molecular complexity index is 538. The molecule has 8 heteroatoms. The third kappa shape index (κ3) is 5.94. The Balaban J connectivity index is 2.68. The van der Waals surface area contributed by atoms with Crippen LogP contribution in [0.5, 0.6) is 0 Å². The molecule has 0 unspecified atom stereocenters. The lowest BCUT2D eigenvalue weighted by Gasteiger charge is -2.18. The highest BCUT2D eigenvalue weighted by Gasteiger charge is 2.21. The number of rotatable bonds is 7. The average molecular weight is 309 g/mol. The van der Waals surface area contributed by atoms with E-state index in [1.165, 1.54) is 17.8 Å². The van der Waals surface area contributed by atoms with E-state index >= 15 is 0 Å². The van der Waals surface area contributed by atoms with E-state index in [2.05, 4.69) is 21.0 Å². The molecule has 1 aromatic rings. The number of nitrogens with zero attached hydrogens (tertiary/aromatic N) is 2. The molecule has 3 N–H and O–H groups in total. The van der Waals surface area contributed by atoms with Gasteiger partial charge in [0.15, 0.2) is 0 Å². The van der Waals surface area contributed by atoms with Crippen LogP contribution in [0.3, 0.4) is 0 Å². The van der Waals surface area contributed by atoms with Crippen LogP contribution in [-0.2, 0) is 20.9 Å². The molecule has 0 aliphatic rings. The number of hydrogen-bond donors (Lipinski definition) is 3. The predicted molar refractivity (Wildman–Crippen MR) is 82.0 cm³/mol. The van der Waals surface area contributed by atoms with Crippen molar-refractivity contribution in [3.63, 3.8) is 0 Å². The average Bonchev–Trinajstić information content (AvgIpc) is 2.83.